The minimum atomic E-state index is -3.52. The molecule has 2 aromatic carbocycles. The summed E-state index contributed by atoms with van der Waals surface area (Å²) in [6.45, 7) is 6.22. The van der Waals surface area contributed by atoms with Crippen LogP contribution in [0.1, 0.15) is 36.7 Å². The van der Waals surface area contributed by atoms with Gasteiger partial charge in [0.2, 0.25) is 15.9 Å². The molecule has 0 radical (unpaired) electrons. The van der Waals surface area contributed by atoms with Crippen LogP contribution in [0.2, 0.25) is 0 Å². The van der Waals surface area contributed by atoms with Crippen molar-refractivity contribution in [3.05, 3.63) is 65.5 Å². The van der Waals surface area contributed by atoms with Gasteiger partial charge in [-0.05, 0) is 42.7 Å². The van der Waals surface area contributed by atoms with Crippen molar-refractivity contribution in [3.63, 3.8) is 0 Å². The largest absolute Gasteiger partial charge is 0.325 e. The van der Waals surface area contributed by atoms with Gasteiger partial charge < -0.3 is 9.88 Å². The zero-order valence-corrected chi connectivity index (χ0v) is 21.1. The van der Waals surface area contributed by atoms with Crippen LogP contribution in [0.4, 0.5) is 11.4 Å². The number of carbonyl (C=O) groups excluding carboxylic acids is 1. The number of aromatic nitrogens is 3. The molecule has 1 N–H and O–H groups in total. The molecular weight excluding hydrogens is 458 g/mol. The van der Waals surface area contributed by atoms with Crippen LogP contribution in [0.3, 0.4) is 0 Å². The van der Waals surface area contributed by atoms with Crippen LogP contribution in [-0.2, 0) is 28.4 Å². The maximum Gasteiger partial charge on any atom is 0.234 e. The summed E-state index contributed by atoms with van der Waals surface area (Å²) in [5.41, 5.74) is 3.55. The van der Waals surface area contributed by atoms with Crippen molar-refractivity contribution in [1.29, 1.82) is 0 Å². The molecule has 0 aliphatic carbocycles. The summed E-state index contributed by atoms with van der Waals surface area (Å²) in [5, 5.41) is 11.7. The van der Waals surface area contributed by atoms with Crippen molar-refractivity contribution >= 4 is 39.1 Å². The number of thioether (sulfide) groups is 1. The van der Waals surface area contributed by atoms with E-state index in [-0.39, 0.29) is 18.2 Å². The highest BCUT2D eigenvalue weighted by Gasteiger charge is 2.21. The zero-order valence-electron chi connectivity index (χ0n) is 19.4. The number of hydrogen-bond donors (Lipinski definition) is 1. The highest BCUT2D eigenvalue weighted by atomic mass is 32.2. The number of rotatable bonds is 9. The molecule has 176 valence electrons. The van der Waals surface area contributed by atoms with Crippen LogP contribution < -0.4 is 9.62 Å². The lowest BCUT2D eigenvalue weighted by Gasteiger charge is -2.22. The van der Waals surface area contributed by atoms with Gasteiger partial charge >= 0.3 is 0 Å². The molecule has 0 bridgehead atoms. The fraction of sp³-hybridized carbons (Fsp3) is 0.348. The lowest BCUT2D eigenvalue weighted by Crippen LogP contribution is -2.30. The molecule has 0 aliphatic rings. The molecule has 0 atom stereocenters. The van der Waals surface area contributed by atoms with E-state index in [4.69, 9.17) is 0 Å². The van der Waals surface area contributed by atoms with Gasteiger partial charge in [0.25, 0.3) is 0 Å². The Morgan fingerprint density at radius 3 is 2.30 bits per heavy atom. The summed E-state index contributed by atoms with van der Waals surface area (Å²) in [5.74, 6) is 0.915. The minimum absolute atomic E-state index is 0.0420. The van der Waals surface area contributed by atoms with Crippen LogP contribution in [0, 0.1) is 6.92 Å². The third-order valence-corrected chi connectivity index (χ3v) is 7.29. The normalized spacial score (nSPS) is 11.6. The van der Waals surface area contributed by atoms with Gasteiger partial charge in [-0.25, -0.2) is 8.42 Å². The van der Waals surface area contributed by atoms with Crippen molar-refractivity contribution in [2.45, 2.75) is 38.4 Å². The number of amides is 1. The molecule has 0 spiro atoms. The predicted molar refractivity (Wildman–Crippen MR) is 133 cm³/mol. The summed E-state index contributed by atoms with van der Waals surface area (Å²) in [6.07, 6.45) is 1.16. The lowest BCUT2D eigenvalue weighted by atomic mass is 10.0. The Balaban J connectivity index is 1.64. The summed E-state index contributed by atoms with van der Waals surface area (Å²) in [7, 11) is -1.76. The van der Waals surface area contributed by atoms with Gasteiger partial charge in [-0.3, -0.25) is 9.10 Å². The second-order valence-electron chi connectivity index (χ2n) is 8.18. The quantitative estimate of drug-likeness (QED) is 0.459. The highest BCUT2D eigenvalue weighted by molar-refractivity contribution is 7.99. The Morgan fingerprint density at radius 1 is 1.09 bits per heavy atom. The third-order valence-electron chi connectivity index (χ3n) is 5.13. The van der Waals surface area contributed by atoms with E-state index in [1.807, 2.05) is 43.3 Å². The van der Waals surface area contributed by atoms with Crippen molar-refractivity contribution in [3.8, 4) is 0 Å². The number of anilines is 2. The van der Waals surface area contributed by atoms with Gasteiger partial charge in [-0.15, -0.1) is 10.2 Å². The number of sulfonamides is 1. The fourth-order valence-electron chi connectivity index (χ4n) is 3.13. The minimum Gasteiger partial charge on any atom is -0.325 e. The van der Waals surface area contributed by atoms with Crippen LogP contribution >= 0.6 is 11.8 Å². The molecule has 0 unspecified atom stereocenters. The number of nitrogens with zero attached hydrogens (tertiary/aromatic N) is 4. The first-order valence-corrected chi connectivity index (χ1v) is 13.3. The molecule has 1 heterocycles. The number of benzene rings is 2. The van der Waals surface area contributed by atoms with E-state index in [1.54, 1.807) is 23.7 Å². The smallest absolute Gasteiger partial charge is 0.234 e. The van der Waals surface area contributed by atoms with E-state index < -0.39 is 10.0 Å². The highest BCUT2D eigenvalue weighted by Crippen LogP contribution is 2.23. The first-order chi connectivity index (χ1) is 15.5. The second-order valence-corrected chi connectivity index (χ2v) is 11.0. The molecule has 0 saturated carbocycles. The molecule has 8 nitrogen and oxygen atoms in total. The van der Waals surface area contributed by atoms with E-state index in [2.05, 4.69) is 29.4 Å². The van der Waals surface area contributed by atoms with E-state index in [1.165, 1.54) is 21.6 Å². The van der Waals surface area contributed by atoms with E-state index in [0.717, 1.165) is 17.5 Å². The van der Waals surface area contributed by atoms with Gasteiger partial charge in [0.1, 0.15) is 0 Å². The molecular formula is C23H29N5O3S2. The number of aryl methyl sites for hydroxylation is 1. The Kier molecular flexibility index (Phi) is 7.80. The van der Waals surface area contributed by atoms with Gasteiger partial charge in [0, 0.05) is 12.7 Å². The maximum absolute atomic E-state index is 12.4. The van der Waals surface area contributed by atoms with Gasteiger partial charge in [0.05, 0.1) is 24.2 Å². The van der Waals surface area contributed by atoms with Crippen molar-refractivity contribution < 1.29 is 13.2 Å². The van der Waals surface area contributed by atoms with E-state index >= 15 is 0 Å². The molecule has 3 aromatic rings. The average molecular weight is 488 g/mol. The number of nitrogens with one attached hydrogen (secondary N) is 1. The Hall–Kier alpha value is -2.85. The summed E-state index contributed by atoms with van der Waals surface area (Å²) in [6, 6.07) is 15.0. The van der Waals surface area contributed by atoms with Crippen LogP contribution in [0.15, 0.2) is 53.7 Å². The van der Waals surface area contributed by atoms with Crippen LogP contribution in [0.25, 0.3) is 0 Å². The predicted octanol–water partition coefficient (Wildman–Crippen LogP) is 3.94. The summed E-state index contributed by atoms with van der Waals surface area (Å²) in [4.78, 5) is 12.4. The standard InChI is InChI=1S/C23H29N5O3S2/c1-16(2)18-8-10-19(11-9-18)24-22(29)15-32-23-26-25-21(27(23)4)14-28(33(5,30)31)20-12-6-17(3)7-13-20/h6-13,16H,14-15H2,1-5H3,(H,24,29). The maximum atomic E-state index is 12.4. The molecule has 0 saturated heterocycles. The molecule has 0 aliphatic heterocycles. The Bertz CT molecular complexity index is 1200. The molecule has 33 heavy (non-hydrogen) atoms. The number of carbonyl (C=O) groups is 1. The van der Waals surface area contributed by atoms with Gasteiger partial charge in [-0.2, -0.15) is 0 Å². The fourth-order valence-corrected chi connectivity index (χ4v) is 4.71. The molecule has 1 aromatic heterocycles. The SMILES string of the molecule is Cc1ccc(N(Cc2nnc(SCC(=O)Nc3ccc(C(C)C)cc3)n2C)S(C)(=O)=O)cc1. The topological polar surface area (TPSA) is 97.2 Å². The van der Waals surface area contributed by atoms with Gasteiger partial charge in [-0.1, -0.05) is 55.4 Å². The van der Waals surface area contributed by atoms with Crippen molar-refractivity contribution in [1.82, 2.24) is 14.8 Å². The molecule has 0 fully saturated rings. The lowest BCUT2D eigenvalue weighted by molar-refractivity contribution is -0.113. The summed E-state index contributed by atoms with van der Waals surface area (Å²) < 4.78 is 27.8. The van der Waals surface area contributed by atoms with E-state index in [9.17, 15) is 13.2 Å². The number of hydrogen-bond acceptors (Lipinski definition) is 6. The first kappa shape index (κ1) is 24.8. The summed E-state index contributed by atoms with van der Waals surface area (Å²) >= 11 is 1.24. The first-order valence-electron chi connectivity index (χ1n) is 10.5. The second kappa shape index (κ2) is 10.4. The van der Waals surface area contributed by atoms with Crippen molar-refractivity contribution in [2.24, 2.45) is 7.05 Å². The molecule has 3 rings (SSSR count). The molecule has 1 amide bonds. The zero-order chi connectivity index (χ0) is 24.2. The van der Waals surface area contributed by atoms with Crippen molar-refractivity contribution in [2.75, 3.05) is 21.6 Å². The van der Waals surface area contributed by atoms with Crippen LogP contribution in [-0.4, -0.2) is 41.1 Å². The average Bonchev–Trinajstić information content (AvgIpc) is 3.10. The monoisotopic (exact) mass is 487 g/mol. The van der Waals surface area contributed by atoms with Gasteiger partial charge in [0.15, 0.2) is 11.0 Å². The van der Waals surface area contributed by atoms with Crippen LogP contribution in [0.5, 0.6) is 0 Å². The Morgan fingerprint density at radius 2 is 1.73 bits per heavy atom. The Labute approximate surface area is 199 Å². The van der Waals surface area contributed by atoms with E-state index in [0.29, 0.717) is 22.6 Å². The third kappa shape index (κ3) is 6.58. The molecule has 10 heteroatoms.